The summed E-state index contributed by atoms with van der Waals surface area (Å²) in [5.74, 6) is 1.01. The van der Waals surface area contributed by atoms with Gasteiger partial charge in [0.05, 0.1) is 7.11 Å². The lowest BCUT2D eigenvalue weighted by Crippen LogP contribution is -2.41. The van der Waals surface area contributed by atoms with Gasteiger partial charge in [-0.1, -0.05) is 0 Å². The number of nitrogens with zero attached hydrogens (tertiary/aromatic N) is 2. The Morgan fingerprint density at radius 2 is 2.00 bits per heavy atom. The lowest BCUT2D eigenvalue weighted by molar-refractivity contribution is 0.0204. The summed E-state index contributed by atoms with van der Waals surface area (Å²) in [7, 11) is 1.63. The van der Waals surface area contributed by atoms with E-state index in [-0.39, 0.29) is 6.09 Å². The van der Waals surface area contributed by atoms with Gasteiger partial charge in [0, 0.05) is 29.3 Å². The maximum Gasteiger partial charge on any atom is 0.410 e. The van der Waals surface area contributed by atoms with E-state index in [1.807, 2.05) is 20.8 Å². The minimum atomic E-state index is -0.453. The number of ether oxygens (including phenoxy) is 2. The van der Waals surface area contributed by atoms with Crippen LogP contribution in [0.15, 0.2) is 16.7 Å². The zero-order valence-electron chi connectivity index (χ0n) is 13.6. The fraction of sp³-hybridized carbons (Fsp3) is 0.625. The van der Waals surface area contributed by atoms with Crippen LogP contribution in [0.3, 0.4) is 0 Å². The highest BCUT2D eigenvalue weighted by Gasteiger charge is 2.29. The molecule has 0 aliphatic carbocycles. The van der Waals surface area contributed by atoms with Crippen LogP contribution in [0.4, 0.5) is 4.79 Å². The molecule has 0 aromatic carbocycles. The quantitative estimate of drug-likeness (QED) is 0.790. The van der Waals surface area contributed by atoms with Crippen molar-refractivity contribution in [3.63, 3.8) is 0 Å². The Bertz CT molecular complexity index is 535. The molecule has 0 radical (unpaired) electrons. The summed E-state index contributed by atoms with van der Waals surface area (Å²) in [6.07, 6.45) is 3.27. The van der Waals surface area contributed by atoms with Gasteiger partial charge in [-0.2, -0.15) is 0 Å². The molecular formula is C16H23BrN2O3. The monoisotopic (exact) mass is 370 g/mol. The van der Waals surface area contributed by atoms with Gasteiger partial charge in [-0.05, 0) is 61.5 Å². The second-order valence-electron chi connectivity index (χ2n) is 6.49. The highest BCUT2D eigenvalue weighted by Crippen LogP contribution is 2.34. The number of hydrogen-bond acceptors (Lipinski definition) is 4. The zero-order chi connectivity index (χ0) is 16.3. The van der Waals surface area contributed by atoms with E-state index in [2.05, 4.69) is 27.0 Å². The number of carbonyl (C=O) groups excluding carboxylic acids is 1. The molecule has 1 aromatic heterocycles. The smallest absolute Gasteiger partial charge is 0.410 e. The minimum Gasteiger partial charge on any atom is -0.481 e. The molecule has 0 N–H and O–H groups in total. The van der Waals surface area contributed by atoms with Gasteiger partial charge in [0.2, 0.25) is 5.88 Å². The van der Waals surface area contributed by atoms with Crippen molar-refractivity contribution in [1.82, 2.24) is 9.88 Å². The average Bonchev–Trinajstić information content (AvgIpc) is 2.45. The summed E-state index contributed by atoms with van der Waals surface area (Å²) < 4.78 is 11.7. The molecule has 1 aliphatic heterocycles. The Balaban J connectivity index is 2.00. The zero-order valence-corrected chi connectivity index (χ0v) is 15.1. The van der Waals surface area contributed by atoms with E-state index in [0.717, 1.165) is 22.9 Å². The van der Waals surface area contributed by atoms with Crippen LogP contribution in [-0.4, -0.2) is 41.8 Å². The maximum absolute atomic E-state index is 12.1. The second-order valence-corrected chi connectivity index (χ2v) is 7.41. The number of hydrogen-bond donors (Lipinski definition) is 0. The first-order valence-corrected chi connectivity index (χ1v) is 8.27. The summed E-state index contributed by atoms with van der Waals surface area (Å²) in [5.41, 5.74) is 0.645. The van der Waals surface area contributed by atoms with Crippen molar-refractivity contribution in [1.29, 1.82) is 0 Å². The van der Waals surface area contributed by atoms with Crippen LogP contribution in [0.1, 0.15) is 45.1 Å². The number of pyridine rings is 1. The van der Waals surface area contributed by atoms with Crippen molar-refractivity contribution in [2.45, 2.75) is 45.1 Å². The molecule has 1 fully saturated rings. The van der Waals surface area contributed by atoms with Gasteiger partial charge in [0.15, 0.2) is 0 Å². The highest BCUT2D eigenvalue weighted by atomic mass is 79.9. The molecular weight excluding hydrogens is 348 g/mol. The first-order chi connectivity index (χ1) is 10.3. The van der Waals surface area contributed by atoms with Gasteiger partial charge in [0.1, 0.15) is 5.60 Å². The third kappa shape index (κ3) is 4.35. The molecule has 1 amide bonds. The summed E-state index contributed by atoms with van der Waals surface area (Å²) >= 11 is 3.46. The Labute approximate surface area is 140 Å². The Hall–Kier alpha value is -1.30. The maximum atomic E-state index is 12.1. The number of carbonyl (C=O) groups is 1. The summed E-state index contributed by atoms with van der Waals surface area (Å²) in [5, 5.41) is 0. The van der Waals surface area contributed by atoms with Crippen LogP contribution in [0.5, 0.6) is 5.88 Å². The van der Waals surface area contributed by atoms with E-state index in [1.165, 1.54) is 0 Å². The molecule has 1 aromatic rings. The first kappa shape index (κ1) is 17.1. The fourth-order valence-electron chi connectivity index (χ4n) is 2.60. The number of rotatable bonds is 2. The number of halogens is 1. The largest absolute Gasteiger partial charge is 0.481 e. The van der Waals surface area contributed by atoms with Crippen LogP contribution in [-0.2, 0) is 4.74 Å². The molecule has 0 atom stereocenters. The third-order valence-corrected chi connectivity index (χ3v) is 4.06. The van der Waals surface area contributed by atoms with Crippen molar-refractivity contribution in [2.75, 3.05) is 20.2 Å². The van der Waals surface area contributed by atoms with Crippen LogP contribution in [0.2, 0.25) is 0 Å². The topological polar surface area (TPSA) is 51.7 Å². The normalized spacial score (nSPS) is 16.5. The third-order valence-electron chi connectivity index (χ3n) is 3.63. The molecule has 0 bridgehead atoms. The lowest BCUT2D eigenvalue weighted by Gasteiger charge is -2.33. The summed E-state index contributed by atoms with van der Waals surface area (Å²) in [6.45, 7) is 7.03. The van der Waals surface area contributed by atoms with E-state index >= 15 is 0 Å². The van der Waals surface area contributed by atoms with Crippen molar-refractivity contribution in [2.24, 2.45) is 0 Å². The lowest BCUT2D eigenvalue weighted by atomic mass is 9.90. The summed E-state index contributed by atoms with van der Waals surface area (Å²) in [4.78, 5) is 18.2. The van der Waals surface area contributed by atoms with E-state index < -0.39 is 5.60 Å². The molecule has 6 heteroatoms. The average molecular weight is 371 g/mol. The van der Waals surface area contributed by atoms with Gasteiger partial charge in [-0.15, -0.1) is 0 Å². The molecule has 0 saturated carbocycles. The van der Waals surface area contributed by atoms with E-state index in [0.29, 0.717) is 24.9 Å². The van der Waals surface area contributed by atoms with E-state index in [4.69, 9.17) is 9.47 Å². The molecule has 0 spiro atoms. The number of methoxy groups -OCH3 is 1. The molecule has 1 saturated heterocycles. The van der Waals surface area contributed by atoms with Gasteiger partial charge in [-0.25, -0.2) is 9.78 Å². The number of amides is 1. The van der Waals surface area contributed by atoms with Crippen molar-refractivity contribution >= 4 is 22.0 Å². The molecule has 2 rings (SSSR count). The van der Waals surface area contributed by atoms with Gasteiger partial charge >= 0.3 is 6.09 Å². The van der Waals surface area contributed by atoms with Gasteiger partial charge < -0.3 is 14.4 Å². The standard InChI is InChI=1S/C16H23BrN2O3/c1-16(2,3)22-15(20)19-7-5-11(6-8-19)13-9-12(17)10-18-14(13)21-4/h9-11H,5-8H2,1-4H3. The molecule has 122 valence electrons. The van der Waals surface area contributed by atoms with Crippen LogP contribution in [0, 0.1) is 0 Å². The SMILES string of the molecule is COc1ncc(Br)cc1C1CCN(C(=O)OC(C)(C)C)CC1. The molecule has 1 aliphatic rings. The summed E-state index contributed by atoms with van der Waals surface area (Å²) in [6, 6.07) is 2.06. The number of likely N-dealkylation sites (tertiary alicyclic amines) is 1. The Kier molecular flexibility index (Phi) is 5.32. The van der Waals surface area contributed by atoms with Crippen molar-refractivity contribution in [3.8, 4) is 5.88 Å². The predicted octanol–water partition coefficient (Wildman–Crippen LogP) is 3.97. The van der Waals surface area contributed by atoms with Crippen molar-refractivity contribution in [3.05, 3.63) is 22.3 Å². The van der Waals surface area contributed by atoms with Gasteiger partial charge in [0.25, 0.3) is 0 Å². The number of piperidine rings is 1. The predicted molar refractivity (Wildman–Crippen MR) is 88.3 cm³/mol. The molecule has 5 nitrogen and oxygen atoms in total. The van der Waals surface area contributed by atoms with E-state index in [1.54, 1.807) is 18.2 Å². The Morgan fingerprint density at radius 1 is 1.36 bits per heavy atom. The molecule has 0 unspecified atom stereocenters. The van der Waals surface area contributed by atoms with Crippen LogP contribution >= 0.6 is 15.9 Å². The number of aromatic nitrogens is 1. The van der Waals surface area contributed by atoms with Crippen LogP contribution in [0.25, 0.3) is 0 Å². The second kappa shape index (κ2) is 6.86. The molecule has 2 heterocycles. The first-order valence-electron chi connectivity index (χ1n) is 7.47. The van der Waals surface area contributed by atoms with Crippen LogP contribution < -0.4 is 4.74 Å². The highest BCUT2D eigenvalue weighted by molar-refractivity contribution is 9.10. The molecule has 22 heavy (non-hydrogen) atoms. The Morgan fingerprint density at radius 3 is 2.55 bits per heavy atom. The van der Waals surface area contributed by atoms with E-state index in [9.17, 15) is 4.79 Å². The minimum absolute atomic E-state index is 0.231. The fourth-order valence-corrected chi connectivity index (χ4v) is 2.95. The van der Waals surface area contributed by atoms with Gasteiger partial charge in [-0.3, -0.25) is 0 Å². The van der Waals surface area contributed by atoms with Crippen molar-refractivity contribution < 1.29 is 14.3 Å².